The number of alkyl halides is 1. The smallest absolute Gasteiger partial charge is 0.229 e. The van der Waals surface area contributed by atoms with E-state index in [2.05, 4.69) is 20.6 Å². The van der Waals surface area contributed by atoms with E-state index in [4.69, 9.17) is 0 Å². The lowest BCUT2D eigenvalue weighted by atomic mass is 9.69. The largest absolute Gasteiger partial charge is 0.356 e. The number of rotatable bonds is 8. The van der Waals surface area contributed by atoms with Gasteiger partial charge >= 0.3 is 0 Å². The molecule has 1 heterocycles. The second-order valence-electron chi connectivity index (χ2n) is 7.91. The second kappa shape index (κ2) is 8.18. The topological polar surface area (TPSA) is 86.9 Å². The number of halogens is 1. The normalized spacial score (nSPS) is 24.1. The van der Waals surface area contributed by atoms with E-state index in [1.165, 1.54) is 0 Å². The van der Waals surface area contributed by atoms with E-state index in [9.17, 15) is 14.0 Å². The molecule has 144 valence electrons. The first-order valence-corrected chi connectivity index (χ1v) is 9.65. The summed E-state index contributed by atoms with van der Waals surface area (Å²) < 4.78 is 13.2. The zero-order valence-electron chi connectivity index (χ0n) is 15.4. The number of imidazole rings is 1. The van der Waals surface area contributed by atoms with Crippen molar-refractivity contribution in [3.05, 3.63) is 17.7 Å². The Morgan fingerprint density at radius 3 is 2.81 bits per heavy atom. The van der Waals surface area contributed by atoms with E-state index in [0.717, 1.165) is 43.5 Å². The maximum absolute atomic E-state index is 13.2. The van der Waals surface area contributed by atoms with Gasteiger partial charge in [-0.05, 0) is 51.4 Å². The molecule has 3 rings (SSSR count). The third-order valence-electron chi connectivity index (χ3n) is 6.06. The predicted molar refractivity (Wildman–Crippen MR) is 96.2 cm³/mol. The molecule has 26 heavy (non-hydrogen) atoms. The number of amides is 2. The molecule has 2 amide bonds. The molecule has 0 aliphatic heterocycles. The Balaban J connectivity index is 1.34. The lowest BCUT2D eigenvalue weighted by Gasteiger charge is -2.38. The molecule has 3 N–H and O–H groups in total. The van der Waals surface area contributed by atoms with E-state index in [-0.39, 0.29) is 17.9 Å². The van der Waals surface area contributed by atoms with Gasteiger partial charge in [-0.1, -0.05) is 6.42 Å². The van der Waals surface area contributed by atoms with E-state index in [1.807, 2.05) is 6.92 Å². The number of H-pyrrole nitrogens is 1. The molecule has 1 aromatic heterocycles. The Kier molecular flexibility index (Phi) is 5.94. The molecule has 0 spiro atoms. The number of nitrogens with zero attached hydrogens (tertiary/aromatic N) is 1. The Morgan fingerprint density at radius 1 is 1.38 bits per heavy atom. The predicted octanol–water partition coefficient (Wildman–Crippen LogP) is 2.19. The van der Waals surface area contributed by atoms with Crippen molar-refractivity contribution in [3.8, 4) is 0 Å². The highest BCUT2D eigenvalue weighted by Crippen LogP contribution is 2.42. The third-order valence-corrected chi connectivity index (χ3v) is 6.06. The van der Waals surface area contributed by atoms with Crippen molar-refractivity contribution in [2.75, 3.05) is 13.2 Å². The molecule has 2 aliphatic carbocycles. The van der Waals surface area contributed by atoms with Crippen LogP contribution in [0.4, 0.5) is 4.39 Å². The maximum atomic E-state index is 13.2. The second-order valence-corrected chi connectivity index (χ2v) is 7.91. The van der Waals surface area contributed by atoms with Crippen LogP contribution in [-0.2, 0) is 16.0 Å². The lowest BCUT2D eigenvalue weighted by Crippen LogP contribution is -2.49. The Hall–Kier alpha value is -1.92. The Morgan fingerprint density at radius 2 is 2.19 bits per heavy atom. The van der Waals surface area contributed by atoms with Crippen LogP contribution in [0.25, 0.3) is 0 Å². The van der Waals surface area contributed by atoms with Crippen molar-refractivity contribution in [1.82, 2.24) is 20.6 Å². The van der Waals surface area contributed by atoms with Gasteiger partial charge in [0, 0.05) is 18.3 Å². The van der Waals surface area contributed by atoms with Gasteiger partial charge < -0.3 is 15.6 Å². The minimum atomic E-state index is -0.740. The van der Waals surface area contributed by atoms with Gasteiger partial charge in [0.15, 0.2) is 0 Å². The van der Waals surface area contributed by atoms with Crippen LogP contribution in [0.2, 0.25) is 0 Å². The van der Waals surface area contributed by atoms with E-state index < -0.39 is 12.1 Å². The van der Waals surface area contributed by atoms with Crippen molar-refractivity contribution < 1.29 is 14.0 Å². The molecule has 1 aromatic rings. The standard InChI is InChI=1S/C19H29FN4O2/c1-13-16(23-12-22-13)10-17(25)21-8-5-14-3-4-15(9-14)24-18(26)19(11-20)6-2-7-19/h12,14-15H,2-11H2,1H3,(H,21,25)(H,22,23)(H,24,26). The monoisotopic (exact) mass is 364 g/mol. The van der Waals surface area contributed by atoms with Crippen LogP contribution in [0.1, 0.15) is 56.3 Å². The molecule has 0 radical (unpaired) electrons. The first kappa shape index (κ1) is 18.9. The molecule has 2 saturated carbocycles. The summed E-state index contributed by atoms with van der Waals surface area (Å²) in [5.41, 5.74) is 0.965. The van der Waals surface area contributed by atoms with Crippen molar-refractivity contribution in [3.63, 3.8) is 0 Å². The van der Waals surface area contributed by atoms with E-state index in [0.29, 0.717) is 31.7 Å². The summed E-state index contributed by atoms with van der Waals surface area (Å²) in [6.07, 6.45) is 8.00. The van der Waals surface area contributed by atoms with Crippen molar-refractivity contribution in [2.45, 2.75) is 64.3 Å². The van der Waals surface area contributed by atoms with Crippen molar-refractivity contribution >= 4 is 11.8 Å². The van der Waals surface area contributed by atoms with Gasteiger partial charge in [-0.3, -0.25) is 9.59 Å². The number of carbonyl (C=O) groups excluding carboxylic acids is 2. The van der Waals surface area contributed by atoms with Gasteiger partial charge in [0.05, 0.1) is 23.9 Å². The van der Waals surface area contributed by atoms with Crippen LogP contribution in [0.15, 0.2) is 6.33 Å². The summed E-state index contributed by atoms with van der Waals surface area (Å²) in [5.74, 6) is 0.382. The van der Waals surface area contributed by atoms with Gasteiger partial charge in [0.25, 0.3) is 0 Å². The minimum Gasteiger partial charge on any atom is -0.356 e. The summed E-state index contributed by atoms with van der Waals surface area (Å²) >= 11 is 0. The molecule has 0 bridgehead atoms. The molecule has 2 aliphatic rings. The highest BCUT2D eigenvalue weighted by Gasteiger charge is 2.45. The van der Waals surface area contributed by atoms with Crippen LogP contribution in [0, 0.1) is 18.3 Å². The molecule has 2 atom stereocenters. The molecule has 6 nitrogen and oxygen atoms in total. The summed E-state index contributed by atoms with van der Waals surface area (Å²) in [6.45, 7) is 2.00. The molecule has 0 saturated heterocycles. The van der Waals surface area contributed by atoms with Gasteiger partial charge in [0.2, 0.25) is 11.8 Å². The van der Waals surface area contributed by atoms with Gasteiger partial charge in [-0.15, -0.1) is 0 Å². The van der Waals surface area contributed by atoms with Crippen molar-refractivity contribution in [1.29, 1.82) is 0 Å². The quantitative estimate of drug-likeness (QED) is 0.661. The number of aromatic amines is 1. The lowest BCUT2D eigenvalue weighted by molar-refractivity contribution is -0.138. The van der Waals surface area contributed by atoms with E-state index >= 15 is 0 Å². The fourth-order valence-electron chi connectivity index (χ4n) is 4.03. The molecular weight excluding hydrogens is 335 g/mol. The van der Waals surface area contributed by atoms with Crippen molar-refractivity contribution in [2.24, 2.45) is 11.3 Å². The first-order valence-electron chi connectivity index (χ1n) is 9.65. The molecular formula is C19H29FN4O2. The van der Waals surface area contributed by atoms with Crippen LogP contribution < -0.4 is 10.6 Å². The average molecular weight is 364 g/mol. The van der Waals surface area contributed by atoms with Crippen LogP contribution in [-0.4, -0.2) is 41.0 Å². The fourth-order valence-corrected chi connectivity index (χ4v) is 4.03. The van der Waals surface area contributed by atoms with Gasteiger partial charge in [-0.25, -0.2) is 9.37 Å². The fraction of sp³-hybridized carbons (Fsp3) is 0.737. The summed E-state index contributed by atoms with van der Waals surface area (Å²) in [6, 6.07) is 0.152. The molecule has 2 unspecified atom stereocenters. The van der Waals surface area contributed by atoms with Crippen LogP contribution >= 0.6 is 0 Å². The number of hydrogen-bond donors (Lipinski definition) is 3. The third kappa shape index (κ3) is 4.24. The number of hydrogen-bond acceptors (Lipinski definition) is 3. The highest BCUT2D eigenvalue weighted by molar-refractivity contribution is 5.84. The summed E-state index contributed by atoms with van der Waals surface area (Å²) in [5, 5.41) is 6.01. The zero-order valence-corrected chi connectivity index (χ0v) is 15.4. The number of aromatic nitrogens is 2. The Labute approximate surface area is 153 Å². The summed E-state index contributed by atoms with van der Waals surface area (Å²) in [7, 11) is 0. The number of carbonyl (C=O) groups is 2. The molecule has 2 fully saturated rings. The first-order chi connectivity index (χ1) is 12.5. The minimum absolute atomic E-state index is 0.0158. The zero-order chi connectivity index (χ0) is 18.6. The number of aryl methyl sites for hydroxylation is 1. The Bertz CT molecular complexity index is 636. The van der Waals surface area contributed by atoms with Crippen LogP contribution in [0.3, 0.4) is 0 Å². The molecule has 0 aromatic carbocycles. The summed E-state index contributed by atoms with van der Waals surface area (Å²) in [4.78, 5) is 31.4. The van der Waals surface area contributed by atoms with Gasteiger partial charge in [0.1, 0.15) is 6.67 Å². The maximum Gasteiger partial charge on any atom is 0.229 e. The molecule has 7 heteroatoms. The average Bonchev–Trinajstić information content (AvgIpc) is 3.16. The number of nitrogens with one attached hydrogen (secondary N) is 3. The van der Waals surface area contributed by atoms with E-state index in [1.54, 1.807) is 6.33 Å². The highest BCUT2D eigenvalue weighted by atomic mass is 19.1. The SMILES string of the molecule is Cc1[nH]cnc1CC(=O)NCCC1CCC(NC(=O)C2(CF)CCC2)C1. The van der Waals surface area contributed by atoms with Gasteiger partial charge in [-0.2, -0.15) is 0 Å². The van der Waals surface area contributed by atoms with Crippen LogP contribution in [0.5, 0.6) is 0 Å².